The monoisotopic (exact) mass is 1030 g/mol. The lowest BCUT2D eigenvalue weighted by molar-refractivity contribution is -0.301. The Balaban J connectivity index is 2.68. The fraction of sp³-hybridized carbons (Fsp3) is 0.803. The Morgan fingerprint density at radius 3 is 1.29 bits per heavy atom. The van der Waals surface area contributed by atoms with Crippen LogP contribution in [-0.2, 0) is 42.9 Å². The van der Waals surface area contributed by atoms with Gasteiger partial charge in [0.2, 0.25) is 0 Å². The molecule has 1 aliphatic rings. The molecule has 0 radical (unpaired) electrons. The van der Waals surface area contributed by atoms with Gasteiger partial charge in [-0.05, 0) is 70.6 Å². The van der Waals surface area contributed by atoms with E-state index in [9.17, 15) is 34.5 Å². The second-order valence-electron chi connectivity index (χ2n) is 20.3. The minimum atomic E-state index is -1.90. The van der Waals surface area contributed by atoms with E-state index in [0.29, 0.717) is 19.3 Å². The van der Waals surface area contributed by atoms with Gasteiger partial charge in [-0.1, -0.05) is 223 Å². The Kier molecular flexibility index (Phi) is 45.9. The summed E-state index contributed by atoms with van der Waals surface area (Å²) >= 11 is 0. The van der Waals surface area contributed by atoms with E-state index < -0.39 is 67.3 Å². The maximum atomic E-state index is 13.1. The van der Waals surface area contributed by atoms with E-state index in [4.69, 9.17) is 23.7 Å². The number of unbranched alkanes of at least 4 members (excludes halogenated alkanes) is 28. The Labute approximate surface area is 443 Å². The third kappa shape index (κ3) is 39.7. The summed E-state index contributed by atoms with van der Waals surface area (Å²) in [6.45, 7) is 5.85. The van der Waals surface area contributed by atoms with E-state index in [-0.39, 0.29) is 25.9 Å². The SMILES string of the molecule is CCC/C=C\C/C=C\CCCCCCCC(=O)OCC(COC1OC(C(=O)O)C(O)C(O)C1OC(=O)CCCCCCCCCCCCCCCCCCC)OC(=O)CCCCCCC/C=C\C/C=C\CCC. The summed E-state index contributed by atoms with van der Waals surface area (Å²) in [4.78, 5) is 51.1. The van der Waals surface area contributed by atoms with Crippen LogP contribution in [0.4, 0.5) is 0 Å². The predicted molar refractivity (Wildman–Crippen MR) is 294 cm³/mol. The molecule has 3 N–H and O–H groups in total. The Bertz CT molecular complexity index is 1460. The van der Waals surface area contributed by atoms with Crippen LogP contribution >= 0.6 is 0 Å². The molecule has 0 bridgehead atoms. The van der Waals surface area contributed by atoms with Crippen molar-refractivity contribution in [3.63, 3.8) is 0 Å². The van der Waals surface area contributed by atoms with E-state index in [2.05, 4.69) is 69.4 Å². The van der Waals surface area contributed by atoms with Crippen molar-refractivity contribution < 1.29 is 58.2 Å². The minimum absolute atomic E-state index is 0.0614. The van der Waals surface area contributed by atoms with Gasteiger partial charge in [-0.15, -0.1) is 0 Å². The molecule has 0 saturated carbocycles. The van der Waals surface area contributed by atoms with Crippen molar-refractivity contribution in [1.29, 1.82) is 0 Å². The molecule has 1 saturated heterocycles. The van der Waals surface area contributed by atoms with Crippen molar-refractivity contribution in [1.82, 2.24) is 0 Å². The lowest BCUT2D eigenvalue weighted by Gasteiger charge is -2.40. The molecular formula is C61H106O12. The molecular weight excluding hydrogens is 925 g/mol. The third-order valence-corrected chi connectivity index (χ3v) is 13.3. The molecule has 1 aliphatic heterocycles. The molecule has 0 aromatic heterocycles. The summed E-state index contributed by atoms with van der Waals surface area (Å²) in [5.41, 5.74) is 0. The molecule has 0 aromatic rings. The van der Waals surface area contributed by atoms with Crippen molar-refractivity contribution in [2.75, 3.05) is 13.2 Å². The number of ether oxygens (including phenoxy) is 5. The van der Waals surface area contributed by atoms with Gasteiger partial charge in [-0.3, -0.25) is 14.4 Å². The summed E-state index contributed by atoms with van der Waals surface area (Å²) in [5, 5.41) is 31.5. The van der Waals surface area contributed by atoms with Crippen LogP contribution in [0, 0.1) is 0 Å². The Morgan fingerprint density at radius 1 is 0.452 bits per heavy atom. The number of allylic oxidation sites excluding steroid dienone is 8. The zero-order chi connectivity index (χ0) is 53.3. The number of carboxylic acid groups (broad SMARTS) is 1. The van der Waals surface area contributed by atoms with Crippen LogP contribution in [0.1, 0.15) is 265 Å². The Morgan fingerprint density at radius 2 is 0.849 bits per heavy atom. The van der Waals surface area contributed by atoms with Crippen molar-refractivity contribution in [3.05, 3.63) is 48.6 Å². The number of esters is 3. The highest BCUT2D eigenvalue weighted by molar-refractivity contribution is 5.74. The highest BCUT2D eigenvalue weighted by atomic mass is 16.7. The van der Waals surface area contributed by atoms with Crippen LogP contribution in [0.2, 0.25) is 0 Å². The molecule has 0 aliphatic carbocycles. The fourth-order valence-corrected chi connectivity index (χ4v) is 8.80. The first kappa shape index (κ1) is 67.7. The first-order valence-corrected chi connectivity index (χ1v) is 29.6. The first-order chi connectivity index (χ1) is 35.6. The van der Waals surface area contributed by atoms with Crippen LogP contribution in [-0.4, -0.2) is 89.2 Å². The van der Waals surface area contributed by atoms with E-state index in [1.165, 1.54) is 77.0 Å². The lowest BCUT2D eigenvalue weighted by atomic mass is 9.98. The van der Waals surface area contributed by atoms with Crippen LogP contribution < -0.4 is 0 Å². The number of carbonyl (C=O) groups is 4. The van der Waals surface area contributed by atoms with Gasteiger partial charge >= 0.3 is 23.9 Å². The largest absolute Gasteiger partial charge is 0.479 e. The highest BCUT2D eigenvalue weighted by Gasteiger charge is 2.50. The van der Waals surface area contributed by atoms with Gasteiger partial charge in [0, 0.05) is 19.3 Å². The van der Waals surface area contributed by atoms with Crippen LogP contribution in [0.15, 0.2) is 48.6 Å². The third-order valence-electron chi connectivity index (χ3n) is 13.3. The van der Waals surface area contributed by atoms with Crippen LogP contribution in [0.25, 0.3) is 0 Å². The van der Waals surface area contributed by atoms with Gasteiger partial charge in [0.05, 0.1) is 6.61 Å². The van der Waals surface area contributed by atoms with Gasteiger partial charge in [-0.25, -0.2) is 4.79 Å². The number of hydrogen-bond donors (Lipinski definition) is 3. The summed E-state index contributed by atoms with van der Waals surface area (Å²) < 4.78 is 28.4. The smallest absolute Gasteiger partial charge is 0.335 e. The topological polar surface area (TPSA) is 175 Å². The van der Waals surface area contributed by atoms with Gasteiger partial charge in [0.15, 0.2) is 24.6 Å². The number of aliphatic hydroxyl groups is 2. The van der Waals surface area contributed by atoms with Gasteiger partial charge < -0.3 is 39.0 Å². The fourth-order valence-electron chi connectivity index (χ4n) is 8.80. The molecule has 12 heteroatoms. The number of carboxylic acids is 1. The normalized spacial score (nSPS) is 18.6. The molecule has 1 heterocycles. The van der Waals surface area contributed by atoms with Gasteiger partial charge in [0.25, 0.3) is 0 Å². The van der Waals surface area contributed by atoms with Crippen LogP contribution in [0.3, 0.4) is 0 Å². The molecule has 0 amide bonds. The number of carbonyl (C=O) groups excluding carboxylic acids is 3. The van der Waals surface area contributed by atoms with E-state index in [0.717, 1.165) is 128 Å². The van der Waals surface area contributed by atoms with Crippen molar-refractivity contribution in [2.24, 2.45) is 0 Å². The summed E-state index contributed by atoms with van der Waals surface area (Å²) in [6, 6.07) is 0. The molecule has 6 atom stereocenters. The van der Waals surface area contributed by atoms with Crippen molar-refractivity contribution in [2.45, 2.75) is 302 Å². The Hall–Kier alpha value is -3.32. The second kappa shape index (κ2) is 49.6. The van der Waals surface area contributed by atoms with E-state index in [1.54, 1.807) is 0 Å². The van der Waals surface area contributed by atoms with E-state index in [1.807, 2.05) is 0 Å². The average molecular weight is 1030 g/mol. The molecule has 0 aromatic carbocycles. The average Bonchev–Trinajstić information content (AvgIpc) is 3.37. The summed E-state index contributed by atoms with van der Waals surface area (Å²) in [6.07, 6.45) is 46.5. The molecule has 73 heavy (non-hydrogen) atoms. The maximum Gasteiger partial charge on any atom is 0.335 e. The van der Waals surface area contributed by atoms with Crippen LogP contribution in [0.5, 0.6) is 0 Å². The molecule has 1 rings (SSSR count). The molecule has 12 nitrogen and oxygen atoms in total. The number of hydrogen-bond acceptors (Lipinski definition) is 11. The minimum Gasteiger partial charge on any atom is -0.479 e. The van der Waals surface area contributed by atoms with Crippen molar-refractivity contribution in [3.8, 4) is 0 Å². The number of aliphatic hydroxyl groups excluding tert-OH is 2. The predicted octanol–water partition coefficient (Wildman–Crippen LogP) is 15.0. The molecule has 6 unspecified atom stereocenters. The molecule has 0 spiro atoms. The van der Waals surface area contributed by atoms with E-state index >= 15 is 0 Å². The van der Waals surface area contributed by atoms with Crippen molar-refractivity contribution >= 4 is 23.9 Å². The quantitative estimate of drug-likeness (QED) is 0.0228. The zero-order valence-corrected chi connectivity index (χ0v) is 46.4. The van der Waals surface area contributed by atoms with Gasteiger partial charge in [-0.2, -0.15) is 0 Å². The van der Waals surface area contributed by atoms with Gasteiger partial charge in [0.1, 0.15) is 18.8 Å². The number of rotatable bonds is 50. The first-order valence-electron chi connectivity index (χ1n) is 29.6. The zero-order valence-electron chi connectivity index (χ0n) is 46.4. The summed E-state index contributed by atoms with van der Waals surface area (Å²) in [5.74, 6) is -3.14. The summed E-state index contributed by atoms with van der Waals surface area (Å²) in [7, 11) is 0. The maximum absolute atomic E-state index is 13.1. The highest BCUT2D eigenvalue weighted by Crippen LogP contribution is 2.26. The standard InChI is InChI=1S/C61H106O12/c1-4-7-10-13-16-19-22-25-26-27-28-31-34-37-40-43-46-49-55(64)72-59-57(66)56(65)58(60(67)68)73-61(59)70-51-52(71-54(63)48-45-42-39-36-33-30-24-21-18-15-12-9-6-3)50-69-53(62)47-44-41-38-35-32-29-23-20-17-14-11-8-5-2/h11-12,14-15,20-21,23-24,52,56-59,61,65-66H,4-10,13,16-19,22,25-51H2,1-3H3,(H,67,68)/b14-11-,15-12-,23-20-,24-21-. The second-order valence-corrected chi connectivity index (χ2v) is 20.3. The molecule has 1 fully saturated rings. The molecule has 422 valence electrons. The number of aliphatic carboxylic acids is 1. The lowest BCUT2D eigenvalue weighted by Crippen LogP contribution is -2.61.